The van der Waals surface area contributed by atoms with E-state index in [4.69, 9.17) is 5.11 Å². The fourth-order valence-electron chi connectivity index (χ4n) is 3.71. The minimum atomic E-state index is -0.755. The molecule has 7 nitrogen and oxygen atoms in total. The molecule has 1 aliphatic rings. The molecule has 1 aromatic heterocycles. The molecule has 3 rings (SSSR count). The third-order valence-corrected chi connectivity index (χ3v) is 5.11. The Kier molecular flexibility index (Phi) is 6.46. The molecule has 1 saturated heterocycles. The number of amides is 1. The number of hydrogen-bond acceptors (Lipinski definition) is 4. The van der Waals surface area contributed by atoms with Gasteiger partial charge >= 0.3 is 5.97 Å². The fourth-order valence-corrected chi connectivity index (χ4v) is 3.71. The van der Waals surface area contributed by atoms with Crippen LogP contribution in [0, 0.1) is 19.8 Å². The van der Waals surface area contributed by atoms with Crippen LogP contribution in [0.25, 0.3) is 5.69 Å². The van der Waals surface area contributed by atoms with Crippen molar-refractivity contribution in [2.75, 3.05) is 25.0 Å². The lowest BCUT2D eigenvalue weighted by molar-refractivity contribution is -0.137. The zero-order chi connectivity index (χ0) is 20.1. The highest BCUT2D eigenvalue weighted by Gasteiger charge is 2.22. The van der Waals surface area contributed by atoms with E-state index in [1.54, 1.807) is 4.68 Å². The van der Waals surface area contributed by atoms with Gasteiger partial charge in [0.15, 0.2) is 0 Å². The molecule has 1 aliphatic heterocycles. The van der Waals surface area contributed by atoms with E-state index in [0.29, 0.717) is 24.7 Å². The first-order chi connectivity index (χ1) is 13.4. The van der Waals surface area contributed by atoms with Crippen molar-refractivity contribution in [3.8, 4) is 5.69 Å². The average molecular weight is 384 g/mol. The van der Waals surface area contributed by atoms with Gasteiger partial charge in [-0.15, -0.1) is 0 Å². The molecule has 0 spiro atoms. The highest BCUT2D eigenvalue weighted by molar-refractivity contribution is 5.91. The summed E-state index contributed by atoms with van der Waals surface area (Å²) in [7, 11) is 0. The first kappa shape index (κ1) is 20.1. The lowest BCUT2D eigenvalue weighted by Crippen LogP contribution is -2.40. The van der Waals surface area contributed by atoms with Crippen molar-refractivity contribution in [2.45, 2.75) is 39.5 Å². The van der Waals surface area contributed by atoms with Crippen LogP contribution in [0.5, 0.6) is 0 Å². The number of carbonyl (C=O) groups is 2. The van der Waals surface area contributed by atoms with Crippen molar-refractivity contribution in [1.29, 1.82) is 0 Å². The third-order valence-electron chi connectivity index (χ3n) is 5.11. The molecule has 1 atom stereocenters. The number of anilines is 1. The minimum Gasteiger partial charge on any atom is -0.481 e. The van der Waals surface area contributed by atoms with Gasteiger partial charge in [-0.2, -0.15) is 5.10 Å². The van der Waals surface area contributed by atoms with E-state index in [9.17, 15) is 9.59 Å². The van der Waals surface area contributed by atoms with Crippen LogP contribution in [0.4, 0.5) is 5.82 Å². The Hall–Kier alpha value is -2.67. The van der Waals surface area contributed by atoms with Gasteiger partial charge in [0.25, 0.3) is 0 Å². The van der Waals surface area contributed by atoms with Gasteiger partial charge in [-0.25, -0.2) is 4.68 Å². The molecule has 0 radical (unpaired) electrons. The minimum absolute atomic E-state index is 0.0767. The maximum Gasteiger partial charge on any atom is 0.303 e. The molecule has 0 saturated carbocycles. The standard InChI is InChI=1S/C21H28N4O3/c1-15-5-8-18(9-6-15)25-19(12-16(2)23-25)22-20(26)14-24-11-3-4-17(13-24)7-10-21(27)28/h5-6,8-9,12,17H,3-4,7,10-11,13-14H2,1-2H3,(H,22,26)(H,27,28). The molecule has 150 valence electrons. The Balaban J connectivity index is 1.60. The van der Waals surface area contributed by atoms with Crippen molar-refractivity contribution in [3.63, 3.8) is 0 Å². The number of likely N-dealkylation sites (tertiary alicyclic amines) is 1. The monoisotopic (exact) mass is 384 g/mol. The van der Waals surface area contributed by atoms with E-state index < -0.39 is 5.97 Å². The van der Waals surface area contributed by atoms with Gasteiger partial charge in [0.2, 0.25) is 5.91 Å². The Bertz CT molecular complexity index is 829. The summed E-state index contributed by atoms with van der Waals surface area (Å²) in [5.74, 6) is 0.172. The molecule has 2 heterocycles. The molecule has 7 heteroatoms. The van der Waals surface area contributed by atoms with E-state index in [-0.39, 0.29) is 12.3 Å². The number of carboxylic acids is 1. The molecule has 1 fully saturated rings. The van der Waals surface area contributed by atoms with Crippen molar-refractivity contribution in [3.05, 3.63) is 41.6 Å². The molecule has 2 aromatic rings. The smallest absolute Gasteiger partial charge is 0.303 e. The number of nitrogens with zero attached hydrogens (tertiary/aromatic N) is 3. The van der Waals surface area contributed by atoms with E-state index in [1.165, 1.54) is 5.56 Å². The second-order valence-electron chi connectivity index (χ2n) is 7.64. The molecule has 28 heavy (non-hydrogen) atoms. The van der Waals surface area contributed by atoms with Crippen LogP contribution >= 0.6 is 0 Å². The van der Waals surface area contributed by atoms with Gasteiger partial charge in [-0.1, -0.05) is 17.7 Å². The molecule has 1 unspecified atom stereocenters. The number of aromatic nitrogens is 2. The van der Waals surface area contributed by atoms with Gasteiger partial charge in [0.05, 0.1) is 17.9 Å². The number of hydrogen-bond donors (Lipinski definition) is 2. The van der Waals surface area contributed by atoms with Gasteiger partial charge in [0.1, 0.15) is 5.82 Å². The van der Waals surface area contributed by atoms with Crippen molar-refractivity contribution in [2.24, 2.45) is 5.92 Å². The molecule has 1 amide bonds. The summed E-state index contributed by atoms with van der Waals surface area (Å²) < 4.78 is 1.75. The fraction of sp³-hybridized carbons (Fsp3) is 0.476. The lowest BCUT2D eigenvalue weighted by atomic mass is 9.93. The summed E-state index contributed by atoms with van der Waals surface area (Å²) in [5.41, 5.74) is 2.91. The number of nitrogens with one attached hydrogen (secondary N) is 1. The summed E-state index contributed by atoms with van der Waals surface area (Å²) in [6, 6.07) is 9.86. The maximum atomic E-state index is 12.6. The van der Waals surface area contributed by atoms with E-state index in [1.807, 2.05) is 44.2 Å². The summed E-state index contributed by atoms with van der Waals surface area (Å²) in [5, 5.41) is 16.3. The normalized spacial score (nSPS) is 17.4. The summed E-state index contributed by atoms with van der Waals surface area (Å²) in [4.78, 5) is 25.5. The Labute approximate surface area is 165 Å². The van der Waals surface area contributed by atoms with Gasteiger partial charge < -0.3 is 10.4 Å². The number of carbonyl (C=O) groups excluding carboxylic acids is 1. The number of rotatable bonds is 7. The number of aliphatic carboxylic acids is 1. The van der Waals surface area contributed by atoms with Crippen LogP contribution in [0.3, 0.4) is 0 Å². The first-order valence-electron chi connectivity index (χ1n) is 9.78. The Morgan fingerprint density at radius 3 is 2.71 bits per heavy atom. The number of benzene rings is 1. The molecular formula is C21H28N4O3. The quantitative estimate of drug-likeness (QED) is 0.766. The third kappa shape index (κ3) is 5.42. The molecular weight excluding hydrogens is 356 g/mol. The van der Waals surface area contributed by atoms with Crippen molar-refractivity contribution < 1.29 is 14.7 Å². The lowest BCUT2D eigenvalue weighted by Gasteiger charge is -2.32. The predicted octanol–water partition coefficient (Wildman–Crippen LogP) is 3.00. The van der Waals surface area contributed by atoms with Crippen LogP contribution in [0.2, 0.25) is 0 Å². The van der Waals surface area contributed by atoms with Gasteiger partial charge in [-0.05, 0) is 57.7 Å². The van der Waals surface area contributed by atoms with E-state index in [0.717, 1.165) is 37.3 Å². The second kappa shape index (κ2) is 9.01. The van der Waals surface area contributed by atoms with Gasteiger partial charge in [-0.3, -0.25) is 14.5 Å². The molecule has 0 aliphatic carbocycles. The second-order valence-corrected chi connectivity index (χ2v) is 7.64. The van der Waals surface area contributed by atoms with Crippen LogP contribution < -0.4 is 5.32 Å². The van der Waals surface area contributed by atoms with E-state index in [2.05, 4.69) is 15.3 Å². The maximum absolute atomic E-state index is 12.6. The highest BCUT2D eigenvalue weighted by Crippen LogP contribution is 2.21. The Morgan fingerprint density at radius 2 is 2.00 bits per heavy atom. The summed E-state index contributed by atoms with van der Waals surface area (Å²) >= 11 is 0. The van der Waals surface area contributed by atoms with Crippen LogP contribution in [-0.2, 0) is 9.59 Å². The Morgan fingerprint density at radius 1 is 1.25 bits per heavy atom. The first-order valence-corrected chi connectivity index (χ1v) is 9.78. The SMILES string of the molecule is Cc1ccc(-n2nc(C)cc2NC(=O)CN2CCCC(CCC(=O)O)C2)cc1. The van der Waals surface area contributed by atoms with Crippen LogP contribution in [-0.4, -0.2) is 51.3 Å². The largest absolute Gasteiger partial charge is 0.481 e. The zero-order valence-corrected chi connectivity index (χ0v) is 16.5. The van der Waals surface area contributed by atoms with Gasteiger partial charge in [0, 0.05) is 19.0 Å². The molecule has 0 bridgehead atoms. The number of aryl methyl sites for hydroxylation is 2. The van der Waals surface area contributed by atoms with Crippen LogP contribution in [0.1, 0.15) is 36.9 Å². The van der Waals surface area contributed by atoms with Crippen molar-refractivity contribution >= 4 is 17.7 Å². The average Bonchev–Trinajstić information content (AvgIpc) is 3.01. The number of piperidine rings is 1. The summed E-state index contributed by atoms with van der Waals surface area (Å²) in [6.07, 6.45) is 2.90. The molecule has 1 aromatic carbocycles. The van der Waals surface area contributed by atoms with Crippen LogP contribution in [0.15, 0.2) is 30.3 Å². The van der Waals surface area contributed by atoms with Crippen molar-refractivity contribution in [1.82, 2.24) is 14.7 Å². The van der Waals surface area contributed by atoms with E-state index >= 15 is 0 Å². The number of carboxylic acid groups (broad SMARTS) is 1. The highest BCUT2D eigenvalue weighted by atomic mass is 16.4. The molecule has 2 N–H and O–H groups in total. The topological polar surface area (TPSA) is 87.5 Å². The zero-order valence-electron chi connectivity index (χ0n) is 16.5. The summed E-state index contributed by atoms with van der Waals surface area (Å²) in [6.45, 7) is 5.88. The predicted molar refractivity (Wildman–Crippen MR) is 108 cm³/mol.